The lowest BCUT2D eigenvalue weighted by Gasteiger charge is -2.11. The molecule has 22 heavy (non-hydrogen) atoms. The van der Waals surface area contributed by atoms with E-state index in [4.69, 9.17) is 0 Å². The fourth-order valence-electron chi connectivity index (χ4n) is 2.56. The normalized spacial score (nSPS) is 13.2. The monoisotopic (exact) mass is 298 g/mol. The van der Waals surface area contributed by atoms with Crippen molar-refractivity contribution in [2.75, 3.05) is 17.3 Å². The fraction of sp³-hybridized carbons (Fsp3) is 0.200. The molecule has 2 aromatic rings. The number of pyridine rings is 1. The summed E-state index contributed by atoms with van der Waals surface area (Å²) in [5.74, 6) is 0.231. The smallest absolute Gasteiger partial charge is 0.314 e. The predicted molar refractivity (Wildman–Crippen MR) is 82.5 cm³/mol. The first-order valence-corrected chi connectivity index (χ1v) is 6.74. The number of amides is 1. The van der Waals surface area contributed by atoms with Gasteiger partial charge in [-0.15, -0.1) is 0 Å². The van der Waals surface area contributed by atoms with Crippen molar-refractivity contribution in [3.8, 4) is 0 Å². The van der Waals surface area contributed by atoms with Crippen LogP contribution in [-0.2, 0) is 11.2 Å². The van der Waals surface area contributed by atoms with Gasteiger partial charge in [0.05, 0.1) is 11.3 Å². The number of hydrogen-bond acceptors (Lipinski definition) is 5. The van der Waals surface area contributed by atoms with Crippen molar-refractivity contribution in [2.45, 2.75) is 13.3 Å². The number of anilines is 3. The van der Waals surface area contributed by atoms with Crippen molar-refractivity contribution >= 4 is 28.8 Å². The third-order valence-electron chi connectivity index (χ3n) is 3.73. The summed E-state index contributed by atoms with van der Waals surface area (Å²) in [6.45, 7) is 1.67. The first kappa shape index (κ1) is 14.0. The van der Waals surface area contributed by atoms with Crippen LogP contribution in [-0.4, -0.2) is 22.9 Å². The van der Waals surface area contributed by atoms with Crippen LogP contribution in [0.4, 0.5) is 22.9 Å². The molecule has 1 aromatic carbocycles. The molecule has 1 aromatic heterocycles. The number of rotatable bonds is 3. The molecule has 0 radical (unpaired) electrons. The van der Waals surface area contributed by atoms with E-state index < -0.39 is 4.92 Å². The Morgan fingerprint density at radius 3 is 2.86 bits per heavy atom. The van der Waals surface area contributed by atoms with E-state index in [9.17, 15) is 14.9 Å². The molecule has 0 fully saturated rings. The molecule has 0 spiro atoms. The highest BCUT2D eigenvalue weighted by Gasteiger charge is 2.24. The SMILES string of the molecule is Cc1ccnc(Nc2ccc3c(c2)CC(=O)N3C)c1[N+](=O)[O-]. The zero-order chi connectivity index (χ0) is 15.9. The van der Waals surface area contributed by atoms with E-state index in [-0.39, 0.29) is 17.4 Å². The average molecular weight is 298 g/mol. The number of carbonyl (C=O) groups is 1. The standard InChI is InChI=1S/C15H14N4O3/c1-9-5-6-16-15(14(9)19(21)22)17-11-3-4-12-10(7-11)8-13(20)18(12)2/h3-7H,8H2,1-2H3,(H,16,17). The molecule has 0 aliphatic carbocycles. The number of nitro groups is 1. The fourth-order valence-corrected chi connectivity index (χ4v) is 2.56. The van der Waals surface area contributed by atoms with Gasteiger partial charge in [-0.3, -0.25) is 14.9 Å². The van der Waals surface area contributed by atoms with Gasteiger partial charge in [0, 0.05) is 30.2 Å². The van der Waals surface area contributed by atoms with Crippen LogP contribution in [0.15, 0.2) is 30.5 Å². The van der Waals surface area contributed by atoms with E-state index >= 15 is 0 Å². The first-order valence-electron chi connectivity index (χ1n) is 6.74. The number of aromatic nitrogens is 1. The van der Waals surface area contributed by atoms with Crippen LogP contribution in [0.5, 0.6) is 0 Å². The summed E-state index contributed by atoms with van der Waals surface area (Å²) in [7, 11) is 1.73. The van der Waals surface area contributed by atoms with Crippen LogP contribution in [0, 0.1) is 17.0 Å². The maximum atomic E-state index is 11.7. The van der Waals surface area contributed by atoms with E-state index in [1.54, 1.807) is 31.0 Å². The maximum Gasteiger partial charge on any atom is 0.314 e. The van der Waals surface area contributed by atoms with Gasteiger partial charge in [-0.05, 0) is 36.8 Å². The molecule has 0 atom stereocenters. The van der Waals surface area contributed by atoms with Crippen LogP contribution >= 0.6 is 0 Å². The lowest BCUT2D eigenvalue weighted by Crippen LogP contribution is -2.20. The molecule has 1 aliphatic heterocycles. The van der Waals surface area contributed by atoms with Crippen LogP contribution in [0.2, 0.25) is 0 Å². The lowest BCUT2D eigenvalue weighted by atomic mass is 10.1. The number of benzene rings is 1. The maximum absolute atomic E-state index is 11.7. The highest BCUT2D eigenvalue weighted by Crippen LogP contribution is 2.33. The van der Waals surface area contributed by atoms with E-state index in [1.165, 1.54) is 6.20 Å². The topological polar surface area (TPSA) is 88.4 Å². The van der Waals surface area contributed by atoms with Crippen molar-refractivity contribution in [1.29, 1.82) is 0 Å². The van der Waals surface area contributed by atoms with Crippen molar-refractivity contribution in [3.05, 3.63) is 51.7 Å². The Bertz CT molecular complexity index is 788. The number of nitrogens with zero attached hydrogens (tertiary/aromatic N) is 3. The summed E-state index contributed by atoms with van der Waals surface area (Å²) in [5.41, 5.74) is 2.92. The Morgan fingerprint density at radius 1 is 1.36 bits per heavy atom. The predicted octanol–water partition coefficient (Wildman–Crippen LogP) is 2.56. The number of fused-ring (bicyclic) bond motifs is 1. The molecular weight excluding hydrogens is 284 g/mol. The average Bonchev–Trinajstić information content (AvgIpc) is 2.73. The zero-order valence-electron chi connectivity index (χ0n) is 12.2. The van der Waals surface area contributed by atoms with Crippen LogP contribution in [0.1, 0.15) is 11.1 Å². The van der Waals surface area contributed by atoms with Crippen LogP contribution in [0.3, 0.4) is 0 Å². The zero-order valence-corrected chi connectivity index (χ0v) is 12.2. The van der Waals surface area contributed by atoms with E-state index in [1.807, 2.05) is 12.1 Å². The quantitative estimate of drug-likeness (QED) is 0.695. The Labute approximate surface area is 126 Å². The molecule has 0 saturated heterocycles. The molecule has 7 nitrogen and oxygen atoms in total. The number of likely N-dealkylation sites (N-methyl/N-ethyl adjacent to an activating group) is 1. The summed E-state index contributed by atoms with van der Waals surface area (Å²) >= 11 is 0. The van der Waals surface area contributed by atoms with Gasteiger partial charge in [0.15, 0.2) is 0 Å². The van der Waals surface area contributed by atoms with Crippen molar-refractivity contribution in [3.63, 3.8) is 0 Å². The Morgan fingerprint density at radius 2 is 2.14 bits per heavy atom. The molecule has 3 rings (SSSR count). The van der Waals surface area contributed by atoms with Gasteiger partial charge in [-0.25, -0.2) is 4.98 Å². The third kappa shape index (κ3) is 2.26. The van der Waals surface area contributed by atoms with Crippen molar-refractivity contribution < 1.29 is 9.72 Å². The molecule has 1 amide bonds. The molecule has 1 N–H and O–H groups in total. The molecule has 112 valence electrons. The van der Waals surface area contributed by atoms with Gasteiger partial charge < -0.3 is 10.2 Å². The second-order valence-corrected chi connectivity index (χ2v) is 5.18. The lowest BCUT2D eigenvalue weighted by molar-refractivity contribution is -0.384. The summed E-state index contributed by atoms with van der Waals surface area (Å²) in [4.78, 5) is 28.1. The molecule has 2 heterocycles. The van der Waals surface area contributed by atoms with Gasteiger partial charge in [0.1, 0.15) is 0 Å². The molecule has 0 saturated carbocycles. The van der Waals surface area contributed by atoms with E-state index in [2.05, 4.69) is 10.3 Å². The number of hydrogen-bond donors (Lipinski definition) is 1. The minimum atomic E-state index is -0.449. The van der Waals surface area contributed by atoms with Gasteiger partial charge in [0.25, 0.3) is 0 Å². The Balaban J connectivity index is 1.96. The largest absolute Gasteiger partial charge is 0.334 e. The number of nitrogens with one attached hydrogen (secondary N) is 1. The van der Waals surface area contributed by atoms with E-state index in [0.717, 1.165) is 11.3 Å². The second kappa shape index (κ2) is 5.10. The highest BCUT2D eigenvalue weighted by atomic mass is 16.6. The summed E-state index contributed by atoms with van der Waals surface area (Å²) in [6.07, 6.45) is 1.86. The van der Waals surface area contributed by atoms with E-state index in [0.29, 0.717) is 17.7 Å². The minimum Gasteiger partial charge on any atom is -0.334 e. The van der Waals surface area contributed by atoms with Gasteiger partial charge >= 0.3 is 5.69 Å². The minimum absolute atomic E-state index is 0.0341. The summed E-state index contributed by atoms with van der Waals surface area (Å²) in [5, 5.41) is 14.2. The van der Waals surface area contributed by atoms with Gasteiger partial charge in [0.2, 0.25) is 11.7 Å². The molecule has 7 heteroatoms. The van der Waals surface area contributed by atoms with Gasteiger partial charge in [-0.1, -0.05) is 0 Å². The molecule has 1 aliphatic rings. The van der Waals surface area contributed by atoms with Crippen molar-refractivity contribution in [1.82, 2.24) is 4.98 Å². The van der Waals surface area contributed by atoms with Crippen LogP contribution in [0.25, 0.3) is 0 Å². The van der Waals surface area contributed by atoms with Gasteiger partial charge in [-0.2, -0.15) is 0 Å². The Hall–Kier alpha value is -2.96. The third-order valence-corrected chi connectivity index (χ3v) is 3.73. The first-order chi connectivity index (χ1) is 10.5. The Kier molecular flexibility index (Phi) is 3.25. The molecular formula is C15H14N4O3. The summed E-state index contributed by atoms with van der Waals surface area (Å²) in [6, 6.07) is 7.02. The number of carbonyl (C=O) groups excluding carboxylic acids is 1. The highest BCUT2D eigenvalue weighted by molar-refractivity contribution is 6.01. The molecule has 0 bridgehead atoms. The molecule has 0 unspecified atom stereocenters. The number of aryl methyl sites for hydroxylation is 1. The summed E-state index contributed by atoms with van der Waals surface area (Å²) < 4.78 is 0. The second-order valence-electron chi connectivity index (χ2n) is 5.18. The van der Waals surface area contributed by atoms with Crippen molar-refractivity contribution in [2.24, 2.45) is 0 Å². The van der Waals surface area contributed by atoms with Crippen LogP contribution < -0.4 is 10.2 Å².